The lowest BCUT2D eigenvalue weighted by atomic mass is 9.78. The second-order valence-corrected chi connectivity index (χ2v) is 4.79. The summed E-state index contributed by atoms with van der Waals surface area (Å²) in [5.74, 6) is 0. The number of hydrogen-bond acceptors (Lipinski definition) is 3. The van der Waals surface area contributed by atoms with Gasteiger partial charge in [0.1, 0.15) is 0 Å². The van der Waals surface area contributed by atoms with Gasteiger partial charge in [-0.15, -0.1) is 0 Å². The summed E-state index contributed by atoms with van der Waals surface area (Å²) in [6.45, 7) is 5.95. The standard InChI is InChI=1S/C11H21NO2/c1-10-9-14-8-7-12(10)6-5-11(13)3-2-4-11/h10,13H,2-9H2,1H3. The molecular formula is C11H21NO2. The van der Waals surface area contributed by atoms with E-state index in [9.17, 15) is 5.11 Å². The molecule has 0 aromatic rings. The van der Waals surface area contributed by atoms with Crippen molar-refractivity contribution in [3.63, 3.8) is 0 Å². The van der Waals surface area contributed by atoms with Gasteiger partial charge >= 0.3 is 0 Å². The molecule has 0 aromatic carbocycles. The summed E-state index contributed by atoms with van der Waals surface area (Å²) < 4.78 is 5.38. The van der Waals surface area contributed by atoms with Crippen molar-refractivity contribution >= 4 is 0 Å². The minimum atomic E-state index is -0.321. The van der Waals surface area contributed by atoms with E-state index in [1.165, 1.54) is 6.42 Å². The van der Waals surface area contributed by atoms with E-state index in [0.717, 1.165) is 45.6 Å². The first-order valence-corrected chi connectivity index (χ1v) is 5.74. The smallest absolute Gasteiger partial charge is 0.0660 e. The number of aliphatic hydroxyl groups is 1. The van der Waals surface area contributed by atoms with Gasteiger partial charge in [-0.2, -0.15) is 0 Å². The molecule has 1 atom stereocenters. The maximum absolute atomic E-state index is 9.97. The highest BCUT2D eigenvalue weighted by atomic mass is 16.5. The third-order valence-corrected chi connectivity index (χ3v) is 3.65. The van der Waals surface area contributed by atoms with Crippen LogP contribution in [0.5, 0.6) is 0 Å². The monoisotopic (exact) mass is 199 g/mol. The molecular weight excluding hydrogens is 178 g/mol. The van der Waals surface area contributed by atoms with Crippen LogP contribution in [-0.2, 0) is 4.74 Å². The zero-order valence-electron chi connectivity index (χ0n) is 9.04. The molecule has 3 nitrogen and oxygen atoms in total. The second kappa shape index (κ2) is 4.17. The van der Waals surface area contributed by atoms with E-state index < -0.39 is 0 Å². The predicted octanol–water partition coefficient (Wildman–Crippen LogP) is 1.01. The SMILES string of the molecule is CC1COCCN1CCC1(O)CCC1. The largest absolute Gasteiger partial charge is 0.390 e. The molecule has 2 aliphatic rings. The van der Waals surface area contributed by atoms with Gasteiger partial charge in [0.15, 0.2) is 0 Å². The molecule has 0 aromatic heterocycles. The van der Waals surface area contributed by atoms with Gasteiger partial charge in [-0.1, -0.05) is 0 Å². The molecule has 1 aliphatic carbocycles. The number of rotatable bonds is 3. The fourth-order valence-corrected chi connectivity index (χ4v) is 2.28. The molecule has 3 heteroatoms. The van der Waals surface area contributed by atoms with Crippen LogP contribution in [0.1, 0.15) is 32.6 Å². The quantitative estimate of drug-likeness (QED) is 0.736. The van der Waals surface area contributed by atoms with Crippen molar-refractivity contribution in [3.8, 4) is 0 Å². The van der Waals surface area contributed by atoms with Crippen molar-refractivity contribution in [1.29, 1.82) is 0 Å². The summed E-state index contributed by atoms with van der Waals surface area (Å²) in [4.78, 5) is 2.43. The van der Waals surface area contributed by atoms with E-state index in [-0.39, 0.29) is 5.60 Å². The Morgan fingerprint density at radius 1 is 1.50 bits per heavy atom. The van der Waals surface area contributed by atoms with Gasteiger partial charge in [0.2, 0.25) is 0 Å². The molecule has 82 valence electrons. The van der Waals surface area contributed by atoms with Gasteiger partial charge in [0.25, 0.3) is 0 Å². The third kappa shape index (κ3) is 2.27. The van der Waals surface area contributed by atoms with Crippen molar-refractivity contribution in [2.75, 3.05) is 26.3 Å². The Labute approximate surface area is 86.0 Å². The van der Waals surface area contributed by atoms with E-state index in [2.05, 4.69) is 11.8 Å². The lowest BCUT2D eigenvalue weighted by Crippen LogP contribution is -2.47. The van der Waals surface area contributed by atoms with Gasteiger partial charge in [0, 0.05) is 19.1 Å². The van der Waals surface area contributed by atoms with Crippen molar-refractivity contribution < 1.29 is 9.84 Å². The van der Waals surface area contributed by atoms with E-state index in [1.54, 1.807) is 0 Å². The second-order valence-electron chi connectivity index (χ2n) is 4.79. The molecule has 2 fully saturated rings. The Bertz CT molecular complexity index is 192. The number of ether oxygens (including phenoxy) is 1. The van der Waals surface area contributed by atoms with E-state index >= 15 is 0 Å². The molecule has 1 unspecified atom stereocenters. The van der Waals surface area contributed by atoms with Crippen molar-refractivity contribution in [2.24, 2.45) is 0 Å². The maximum Gasteiger partial charge on any atom is 0.0660 e. The molecule has 2 rings (SSSR count). The van der Waals surface area contributed by atoms with E-state index in [0.29, 0.717) is 6.04 Å². The first-order valence-electron chi connectivity index (χ1n) is 5.74. The van der Waals surface area contributed by atoms with Gasteiger partial charge in [-0.05, 0) is 32.6 Å². The molecule has 1 heterocycles. The Morgan fingerprint density at radius 3 is 2.86 bits per heavy atom. The number of nitrogens with zero attached hydrogens (tertiary/aromatic N) is 1. The Hall–Kier alpha value is -0.120. The van der Waals surface area contributed by atoms with Crippen LogP contribution >= 0.6 is 0 Å². The van der Waals surface area contributed by atoms with Crippen LogP contribution in [0.3, 0.4) is 0 Å². The molecule has 1 saturated carbocycles. The maximum atomic E-state index is 9.97. The summed E-state index contributed by atoms with van der Waals surface area (Å²) in [5, 5.41) is 9.97. The van der Waals surface area contributed by atoms with E-state index in [4.69, 9.17) is 4.74 Å². The van der Waals surface area contributed by atoms with E-state index in [1.807, 2.05) is 0 Å². The van der Waals surface area contributed by atoms with Crippen LogP contribution in [0.25, 0.3) is 0 Å². The molecule has 1 N–H and O–H groups in total. The van der Waals surface area contributed by atoms with Crippen LogP contribution in [-0.4, -0.2) is 48.0 Å². The first-order chi connectivity index (χ1) is 6.70. The fraction of sp³-hybridized carbons (Fsp3) is 1.00. The average molecular weight is 199 g/mol. The zero-order valence-corrected chi connectivity index (χ0v) is 9.04. The average Bonchev–Trinajstić information content (AvgIpc) is 2.14. The van der Waals surface area contributed by atoms with Gasteiger partial charge in [0.05, 0.1) is 18.8 Å². The fourth-order valence-electron chi connectivity index (χ4n) is 2.28. The summed E-state index contributed by atoms with van der Waals surface area (Å²) in [6, 6.07) is 0.521. The molecule has 0 bridgehead atoms. The lowest BCUT2D eigenvalue weighted by molar-refractivity contribution is -0.0608. The zero-order chi connectivity index (χ0) is 10.0. The number of hydrogen-bond donors (Lipinski definition) is 1. The number of morpholine rings is 1. The molecule has 14 heavy (non-hydrogen) atoms. The summed E-state index contributed by atoms with van der Waals surface area (Å²) in [5.41, 5.74) is -0.321. The Kier molecular flexibility index (Phi) is 3.10. The summed E-state index contributed by atoms with van der Waals surface area (Å²) in [7, 11) is 0. The van der Waals surface area contributed by atoms with Crippen molar-refractivity contribution in [1.82, 2.24) is 4.90 Å². The van der Waals surface area contributed by atoms with Gasteiger partial charge < -0.3 is 9.84 Å². The van der Waals surface area contributed by atoms with Crippen LogP contribution in [0.15, 0.2) is 0 Å². The summed E-state index contributed by atoms with van der Waals surface area (Å²) in [6.07, 6.45) is 4.16. The van der Waals surface area contributed by atoms with Crippen LogP contribution in [0, 0.1) is 0 Å². The highest BCUT2D eigenvalue weighted by Crippen LogP contribution is 2.34. The predicted molar refractivity (Wildman–Crippen MR) is 55.3 cm³/mol. The minimum absolute atomic E-state index is 0.321. The summed E-state index contributed by atoms with van der Waals surface area (Å²) >= 11 is 0. The van der Waals surface area contributed by atoms with Crippen molar-refractivity contribution in [2.45, 2.75) is 44.2 Å². The minimum Gasteiger partial charge on any atom is -0.390 e. The normalized spacial score (nSPS) is 32.6. The lowest BCUT2D eigenvalue weighted by Gasteiger charge is -2.40. The Balaban J connectivity index is 1.73. The Morgan fingerprint density at radius 2 is 2.29 bits per heavy atom. The van der Waals surface area contributed by atoms with Gasteiger partial charge in [-0.25, -0.2) is 0 Å². The molecule has 0 amide bonds. The first kappa shape index (κ1) is 10.4. The molecule has 0 radical (unpaired) electrons. The van der Waals surface area contributed by atoms with Crippen LogP contribution in [0.4, 0.5) is 0 Å². The molecule has 0 spiro atoms. The highest BCUT2D eigenvalue weighted by Gasteiger charge is 2.34. The molecule has 1 saturated heterocycles. The van der Waals surface area contributed by atoms with Crippen LogP contribution in [0.2, 0.25) is 0 Å². The highest BCUT2D eigenvalue weighted by molar-refractivity contribution is 4.88. The van der Waals surface area contributed by atoms with Crippen molar-refractivity contribution in [3.05, 3.63) is 0 Å². The topological polar surface area (TPSA) is 32.7 Å². The third-order valence-electron chi connectivity index (χ3n) is 3.65. The molecule has 1 aliphatic heterocycles. The van der Waals surface area contributed by atoms with Gasteiger partial charge in [-0.3, -0.25) is 4.90 Å². The van der Waals surface area contributed by atoms with Crippen LogP contribution < -0.4 is 0 Å².